The molecule has 6 nitrogen and oxygen atoms in total. The molecule has 2 aliphatic rings. The molecule has 0 spiro atoms. The Bertz CT molecular complexity index is 1770. The molecule has 45 heavy (non-hydrogen) atoms. The average molecular weight is 766 g/mol. The zero-order valence-corrected chi connectivity index (χ0v) is 26.7. The van der Waals surface area contributed by atoms with Crippen LogP contribution in [0, 0.1) is 0 Å². The molecule has 2 atom stereocenters. The molecule has 2 aliphatic heterocycles. The molecular weight excluding hydrogens is 736 g/mol. The van der Waals surface area contributed by atoms with E-state index in [9.17, 15) is 0 Å². The van der Waals surface area contributed by atoms with Crippen molar-refractivity contribution in [3.63, 3.8) is 0 Å². The predicted octanol–water partition coefficient (Wildman–Crippen LogP) is 9.59. The molecule has 222 valence electrons. The molecule has 2 unspecified atom stereocenters. The van der Waals surface area contributed by atoms with Crippen molar-refractivity contribution >= 4 is 34.1 Å². The third kappa shape index (κ3) is 5.70. The van der Waals surface area contributed by atoms with Crippen LogP contribution in [0.5, 0.6) is 0 Å². The van der Waals surface area contributed by atoms with E-state index in [1.165, 1.54) is 0 Å². The van der Waals surface area contributed by atoms with Crippen molar-refractivity contribution in [2.24, 2.45) is 0 Å². The second-order valence-electron chi connectivity index (χ2n) is 11.0. The summed E-state index contributed by atoms with van der Waals surface area (Å²) in [5.41, 5.74) is 10.2. The van der Waals surface area contributed by atoms with Gasteiger partial charge in [0.25, 0.3) is 0 Å². The van der Waals surface area contributed by atoms with E-state index in [4.69, 9.17) is 20.6 Å². The number of aromatic nitrogens is 2. The SMILES string of the molecule is [Pt+2].c1ccc(N2c3ccccc3[N-]C2Cc2cccc(-c3cccc(CC4[N-]c5ccccc5N4c4ccccc4)n3)n2)cc1. The Balaban J connectivity index is 0.00000325. The molecule has 4 heterocycles. The second-order valence-corrected chi connectivity index (χ2v) is 11.0. The summed E-state index contributed by atoms with van der Waals surface area (Å²) in [6.07, 6.45) is 1.21. The molecule has 2 aromatic heterocycles. The van der Waals surface area contributed by atoms with Crippen molar-refractivity contribution in [2.45, 2.75) is 25.2 Å². The van der Waals surface area contributed by atoms with E-state index in [1.54, 1.807) is 0 Å². The van der Waals surface area contributed by atoms with Crippen LogP contribution in [-0.2, 0) is 33.9 Å². The van der Waals surface area contributed by atoms with Crippen LogP contribution in [0.1, 0.15) is 11.4 Å². The van der Waals surface area contributed by atoms with Crippen molar-refractivity contribution in [3.8, 4) is 11.4 Å². The first-order valence-corrected chi connectivity index (χ1v) is 15.0. The van der Waals surface area contributed by atoms with Gasteiger partial charge < -0.3 is 20.4 Å². The van der Waals surface area contributed by atoms with E-state index in [2.05, 4.69) is 119 Å². The van der Waals surface area contributed by atoms with Gasteiger partial charge in [0.15, 0.2) is 0 Å². The molecule has 6 aromatic rings. The van der Waals surface area contributed by atoms with Crippen molar-refractivity contribution in [1.29, 1.82) is 0 Å². The molecule has 0 radical (unpaired) electrons. The van der Waals surface area contributed by atoms with Gasteiger partial charge in [0.05, 0.1) is 11.4 Å². The maximum Gasteiger partial charge on any atom is 2.00 e. The number of pyridine rings is 2. The van der Waals surface area contributed by atoms with E-state index in [0.717, 1.165) is 56.9 Å². The summed E-state index contributed by atoms with van der Waals surface area (Å²) in [6, 6.07) is 50.0. The second kappa shape index (κ2) is 12.6. The maximum absolute atomic E-state index is 5.08. The van der Waals surface area contributed by atoms with Crippen LogP contribution in [0.4, 0.5) is 34.1 Å². The van der Waals surface area contributed by atoms with E-state index in [0.29, 0.717) is 12.8 Å². The zero-order chi connectivity index (χ0) is 29.3. The van der Waals surface area contributed by atoms with Gasteiger partial charge in [0, 0.05) is 34.1 Å². The summed E-state index contributed by atoms with van der Waals surface area (Å²) < 4.78 is 0. The number of fused-ring (bicyclic) bond motifs is 2. The Morgan fingerprint density at radius 1 is 0.444 bits per heavy atom. The molecule has 8 rings (SSSR count). The summed E-state index contributed by atoms with van der Waals surface area (Å²) in [6.45, 7) is 0. The molecule has 0 amide bonds. The summed E-state index contributed by atoms with van der Waals surface area (Å²) in [5.74, 6) is 0. The van der Waals surface area contributed by atoms with Gasteiger partial charge in [-0.1, -0.05) is 84.9 Å². The van der Waals surface area contributed by atoms with Gasteiger partial charge >= 0.3 is 21.1 Å². The number of nitrogens with zero attached hydrogens (tertiary/aromatic N) is 6. The van der Waals surface area contributed by atoms with Gasteiger partial charge in [-0.2, -0.15) is 0 Å². The van der Waals surface area contributed by atoms with Crippen LogP contribution in [0.15, 0.2) is 146 Å². The summed E-state index contributed by atoms with van der Waals surface area (Å²) in [5, 5.41) is 10.2. The fourth-order valence-electron chi connectivity index (χ4n) is 6.23. The molecule has 0 N–H and O–H groups in total. The average Bonchev–Trinajstić information content (AvgIpc) is 3.63. The summed E-state index contributed by atoms with van der Waals surface area (Å²) in [4.78, 5) is 14.8. The molecule has 0 bridgehead atoms. The molecule has 4 aromatic carbocycles. The van der Waals surface area contributed by atoms with Crippen LogP contribution >= 0.6 is 0 Å². The Hall–Kier alpha value is -4.93. The van der Waals surface area contributed by atoms with Crippen molar-refractivity contribution < 1.29 is 21.1 Å². The third-order valence-electron chi connectivity index (χ3n) is 8.18. The Labute approximate surface area is 278 Å². The first kappa shape index (κ1) is 28.8. The topological polar surface area (TPSA) is 60.5 Å². The molecule has 0 saturated heterocycles. The monoisotopic (exact) mass is 765 g/mol. The largest absolute Gasteiger partial charge is 2.00 e. The van der Waals surface area contributed by atoms with Crippen molar-refractivity contribution in [2.75, 3.05) is 9.80 Å². The minimum Gasteiger partial charge on any atom is -0.663 e. The van der Waals surface area contributed by atoms with Gasteiger partial charge in [-0.05, 0) is 85.8 Å². The van der Waals surface area contributed by atoms with E-state index in [-0.39, 0.29) is 33.4 Å². The quantitative estimate of drug-likeness (QED) is 0.163. The minimum absolute atomic E-state index is 0. The molecule has 0 aliphatic carbocycles. The number of anilines is 4. The Morgan fingerprint density at radius 2 is 0.844 bits per heavy atom. The Morgan fingerprint density at radius 3 is 1.29 bits per heavy atom. The number of rotatable bonds is 7. The van der Waals surface area contributed by atoms with Crippen LogP contribution in [0.2, 0.25) is 0 Å². The van der Waals surface area contributed by atoms with Crippen molar-refractivity contribution in [1.82, 2.24) is 9.97 Å². The first-order chi connectivity index (χ1) is 21.8. The fourth-order valence-corrected chi connectivity index (χ4v) is 6.23. The van der Waals surface area contributed by atoms with E-state index < -0.39 is 0 Å². The number of benzene rings is 4. The molecule has 0 fully saturated rings. The summed E-state index contributed by atoms with van der Waals surface area (Å²) in [7, 11) is 0. The number of para-hydroxylation sites is 6. The van der Waals surface area contributed by atoms with Gasteiger partial charge in [0.2, 0.25) is 0 Å². The minimum atomic E-state index is -0.0774. The van der Waals surface area contributed by atoms with Crippen molar-refractivity contribution in [3.05, 3.63) is 168 Å². The zero-order valence-electron chi connectivity index (χ0n) is 24.4. The first-order valence-electron chi connectivity index (χ1n) is 15.0. The molecule has 7 heteroatoms. The molecular formula is C38H30N6Pt. The Kier molecular flexibility index (Phi) is 8.06. The van der Waals surface area contributed by atoms with Gasteiger partial charge in [-0.3, -0.25) is 9.97 Å². The molecule has 0 saturated carbocycles. The summed E-state index contributed by atoms with van der Waals surface area (Å²) >= 11 is 0. The van der Waals surface area contributed by atoms with E-state index in [1.807, 2.05) is 36.4 Å². The van der Waals surface area contributed by atoms with Crippen LogP contribution in [0.3, 0.4) is 0 Å². The maximum atomic E-state index is 5.08. The van der Waals surface area contributed by atoms with Gasteiger partial charge in [-0.25, -0.2) is 0 Å². The van der Waals surface area contributed by atoms with Gasteiger partial charge in [-0.15, -0.1) is 11.4 Å². The fraction of sp³-hybridized carbons (Fsp3) is 0.105. The normalized spacial score (nSPS) is 16.3. The van der Waals surface area contributed by atoms with Crippen LogP contribution in [-0.4, -0.2) is 22.3 Å². The third-order valence-corrected chi connectivity index (χ3v) is 8.18. The van der Waals surface area contributed by atoms with Gasteiger partial charge in [0.1, 0.15) is 0 Å². The predicted molar refractivity (Wildman–Crippen MR) is 179 cm³/mol. The number of hydrogen-bond donors (Lipinski definition) is 0. The van der Waals surface area contributed by atoms with Crippen LogP contribution in [0.25, 0.3) is 22.0 Å². The van der Waals surface area contributed by atoms with Crippen LogP contribution < -0.4 is 9.80 Å². The number of hydrogen-bond acceptors (Lipinski definition) is 4. The smallest absolute Gasteiger partial charge is 0.663 e. The standard InChI is InChI=1S/C38H30N6.Pt/c1-3-15-29(16-4-1)43-35-23-9-7-19-33(35)41-37(43)25-27-13-11-21-31(39-27)32-22-12-14-28(40-32)26-38-42-34-20-8-10-24-36(34)44(38)30-17-5-2-6-18-30;/h1-24,37-38H,25-26H2;/q-2;+2. The van der Waals surface area contributed by atoms with E-state index >= 15 is 0 Å².